The van der Waals surface area contributed by atoms with E-state index in [9.17, 15) is 0 Å². The van der Waals surface area contributed by atoms with Crippen LogP contribution in [0.5, 0.6) is 0 Å². The first kappa shape index (κ1) is 15.9. The van der Waals surface area contributed by atoms with Crippen LogP contribution in [-0.2, 0) is 13.1 Å². The van der Waals surface area contributed by atoms with Gasteiger partial charge in [0.1, 0.15) is 5.82 Å². The first-order valence-electron chi connectivity index (χ1n) is 7.26. The zero-order valence-corrected chi connectivity index (χ0v) is 14.3. The van der Waals surface area contributed by atoms with Crippen molar-refractivity contribution in [3.63, 3.8) is 0 Å². The van der Waals surface area contributed by atoms with Gasteiger partial charge in [-0.15, -0.1) is 11.3 Å². The van der Waals surface area contributed by atoms with Crippen molar-refractivity contribution >= 4 is 17.2 Å². The molecule has 0 fully saturated rings. The highest BCUT2D eigenvalue weighted by Crippen LogP contribution is 2.23. The highest BCUT2D eigenvalue weighted by Gasteiger charge is 2.14. The fraction of sp³-hybridized carbons (Fsp3) is 0.500. The summed E-state index contributed by atoms with van der Waals surface area (Å²) in [5.74, 6) is 1.05. The van der Waals surface area contributed by atoms with Gasteiger partial charge in [-0.3, -0.25) is 0 Å². The van der Waals surface area contributed by atoms with Crippen LogP contribution in [0.2, 0.25) is 0 Å². The molecule has 5 heteroatoms. The lowest BCUT2D eigenvalue weighted by Gasteiger charge is -2.23. The molecule has 2 rings (SSSR count). The number of anilines is 1. The molecule has 0 radical (unpaired) electrons. The number of aromatic nitrogens is 2. The van der Waals surface area contributed by atoms with Crippen molar-refractivity contribution in [1.82, 2.24) is 15.3 Å². The van der Waals surface area contributed by atoms with E-state index in [-0.39, 0.29) is 0 Å². The van der Waals surface area contributed by atoms with Crippen molar-refractivity contribution in [2.45, 2.75) is 46.8 Å². The van der Waals surface area contributed by atoms with Crippen LogP contribution in [0.25, 0.3) is 0 Å². The minimum Gasteiger partial charge on any atom is -0.353 e. The Hall–Kier alpha value is -1.46. The second kappa shape index (κ2) is 7.00. The molecule has 0 amide bonds. The van der Waals surface area contributed by atoms with Crippen molar-refractivity contribution in [2.24, 2.45) is 0 Å². The van der Waals surface area contributed by atoms with E-state index in [0.717, 1.165) is 30.3 Å². The molecule has 2 aromatic heterocycles. The summed E-state index contributed by atoms with van der Waals surface area (Å²) in [4.78, 5) is 11.3. The number of aryl methyl sites for hydroxylation is 2. The number of thiazole rings is 1. The number of pyridine rings is 1. The fourth-order valence-corrected chi connectivity index (χ4v) is 2.87. The molecular weight excluding hydrogens is 280 g/mol. The van der Waals surface area contributed by atoms with Crippen LogP contribution in [0.4, 0.5) is 5.82 Å². The maximum atomic E-state index is 4.75. The monoisotopic (exact) mass is 304 g/mol. The summed E-state index contributed by atoms with van der Waals surface area (Å²) in [5, 5.41) is 5.58. The molecule has 0 unspecified atom stereocenters. The molecule has 0 aliphatic heterocycles. The van der Waals surface area contributed by atoms with Crippen molar-refractivity contribution in [3.05, 3.63) is 39.5 Å². The van der Waals surface area contributed by atoms with Gasteiger partial charge in [-0.05, 0) is 25.5 Å². The Labute approximate surface area is 131 Å². The highest BCUT2D eigenvalue weighted by molar-refractivity contribution is 7.07. The summed E-state index contributed by atoms with van der Waals surface area (Å²) in [7, 11) is 2.08. The van der Waals surface area contributed by atoms with Gasteiger partial charge in [0.25, 0.3) is 0 Å². The van der Waals surface area contributed by atoms with Crippen LogP contribution in [0.1, 0.15) is 36.4 Å². The Balaban J connectivity index is 2.26. The highest BCUT2D eigenvalue weighted by atomic mass is 32.1. The van der Waals surface area contributed by atoms with Gasteiger partial charge < -0.3 is 10.2 Å². The molecule has 1 N–H and O–H groups in total. The third kappa shape index (κ3) is 4.25. The molecule has 21 heavy (non-hydrogen) atoms. The molecule has 2 aromatic rings. The zero-order valence-electron chi connectivity index (χ0n) is 13.5. The topological polar surface area (TPSA) is 41.0 Å². The van der Waals surface area contributed by atoms with Gasteiger partial charge in [-0.1, -0.05) is 13.8 Å². The van der Waals surface area contributed by atoms with Crippen LogP contribution in [-0.4, -0.2) is 23.1 Å². The predicted octanol–water partition coefficient (Wildman–Crippen LogP) is 3.29. The van der Waals surface area contributed by atoms with Crippen molar-refractivity contribution in [3.8, 4) is 0 Å². The van der Waals surface area contributed by atoms with E-state index in [1.807, 2.05) is 12.4 Å². The van der Waals surface area contributed by atoms with E-state index in [1.54, 1.807) is 11.3 Å². The van der Waals surface area contributed by atoms with Gasteiger partial charge in [0.15, 0.2) is 0 Å². The largest absolute Gasteiger partial charge is 0.353 e. The standard InChI is InChI=1S/C16H24N4S/c1-11(2)17-7-15-12(3)6-13(4)19-16(15)20(5)8-14-9-21-10-18-14/h6,9-11,17H,7-8H2,1-5H3. The molecule has 2 heterocycles. The maximum absolute atomic E-state index is 4.75. The van der Waals surface area contributed by atoms with Crippen molar-refractivity contribution < 1.29 is 0 Å². The smallest absolute Gasteiger partial charge is 0.133 e. The van der Waals surface area contributed by atoms with Gasteiger partial charge in [0, 0.05) is 36.3 Å². The van der Waals surface area contributed by atoms with E-state index in [2.05, 4.69) is 54.5 Å². The Bertz CT molecular complexity index is 578. The molecule has 0 atom stereocenters. The van der Waals surface area contributed by atoms with Crippen molar-refractivity contribution in [2.75, 3.05) is 11.9 Å². The Morgan fingerprint density at radius 2 is 2.10 bits per heavy atom. The number of nitrogens with one attached hydrogen (secondary N) is 1. The fourth-order valence-electron chi connectivity index (χ4n) is 2.32. The Morgan fingerprint density at radius 1 is 1.33 bits per heavy atom. The van der Waals surface area contributed by atoms with Gasteiger partial charge in [-0.25, -0.2) is 9.97 Å². The quantitative estimate of drug-likeness (QED) is 0.889. The number of rotatable bonds is 6. The van der Waals surface area contributed by atoms with Crippen LogP contribution in [0.15, 0.2) is 17.0 Å². The summed E-state index contributed by atoms with van der Waals surface area (Å²) in [6.45, 7) is 10.2. The Kier molecular flexibility index (Phi) is 5.31. The lowest BCUT2D eigenvalue weighted by molar-refractivity contribution is 0.585. The average molecular weight is 304 g/mol. The minimum atomic E-state index is 0.461. The number of hydrogen-bond acceptors (Lipinski definition) is 5. The summed E-state index contributed by atoms with van der Waals surface area (Å²) in [6, 6.07) is 2.61. The SMILES string of the molecule is Cc1cc(C)c(CNC(C)C)c(N(C)Cc2cscn2)n1. The zero-order chi connectivity index (χ0) is 15.4. The molecule has 0 aliphatic rings. The van der Waals surface area contributed by atoms with Gasteiger partial charge in [0.05, 0.1) is 17.7 Å². The van der Waals surface area contributed by atoms with Gasteiger partial charge in [0.2, 0.25) is 0 Å². The van der Waals surface area contributed by atoms with Gasteiger partial charge in [-0.2, -0.15) is 0 Å². The third-order valence-electron chi connectivity index (χ3n) is 3.38. The van der Waals surface area contributed by atoms with Crippen LogP contribution in [0.3, 0.4) is 0 Å². The average Bonchev–Trinajstić information content (AvgIpc) is 2.89. The van der Waals surface area contributed by atoms with Crippen LogP contribution >= 0.6 is 11.3 Å². The lowest BCUT2D eigenvalue weighted by Crippen LogP contribution is -2.26. The van der Waals surface area contributed by atoms with Crippen molar-refractivity contribution in [1.29, 1.82) is 0 Å². The first-order valence-corrected chi connectivity index (χ1v) is 8.20. The normalized spacial score (nSPS) is 11.1. The minimum absolute atomic E-state index is 0.461. The molecule has 0 saturated heterocycles. The van der Waals surface area contributed by atoms with E-state index >= 15 is 0 Å². The lowest BCUT2D eigenvalue weighted by atomic mass is 10.1. The first-order chi connectivity index (χ1) is 9.97. The van der Waals surface area contributed by atoms with Crippen LogP contribution < -0.4 is 10.2 Å². The number of hydrogen-bond donors (Lipinski definition) is 1. The molecular formula is C16H24N4S. The molecule has 0 aliphatic carbocycles. The number of nitrogens with zero attached hydrogens (tertiary/aromatic N) is 3. The summed E-state index contributed by atoms with van der Waals surface area (Å²) in [6.07, 6.45) is 0. The third-order valence-corrected chi connectivity index (χ3v) is 4.02. The molecule has 0 bridgehead atoms. The molecule has 4 nitrogen and oxygen atoms in total. The predicted molar refractivity (Wildman–Crippen MR) is 89.9 cm³/mol. The summed E-state index contributed by atoms with van der Waals surface area (Å²) in [5.41, 5.74) is 6.58. The summed E-state index contributed by atoms with van der Waals surface area (Å²) >= 11 is 1.63. The molecule has 0 spiro atoms. The second-order valence-corrected chi connectivity index (χ2v) is 6.47. The second-order valence-electron chi connectivity index (χ2n) is 5.75. The molecule has 0 saturated carbocycles. The molecule has 0 aromatic carbocycles. The van der Waals surface area contributed by atoms with Crippen LogP contribution in [0, 0.1) is 13.8 Å². The van der Waals surface area contributed by atoms with E-state index in [4.69, 9.17) is 4.98 Å². The maximum Gasteiger partial charge on any atom is 0.133 e. The summed E-state index contributed by atoms with van der Waals surface area (Å²) < 4.78 is 0. The van der Waals surface area contributed by atoms with Gasteiger partial charge >= 0.3 is 0 Å². The molecule has 114 valence electrons. The van der Waals surface area contributed by atoms with E-state index in [0.29, 0.717) is 6.04 Å². The van der Waals surface area contributed by atoms with E-state index < -0.39 is 0 Å². The van der Waals surface area contributed by atoms with E-state index in [1.165, 1.54) is 11.1 Å². The Morgan fingerprint density at radius 3 is 2.71 bits per heavy atom.